The lowest BCUT2D eigenvalue weighted by atomic mass is 9.94. The molecule has 0 saturated heterocycles. The lowest BCUT2D eigenvalue weighted by Gasteiger charge is -2.32. The largest absolute Gasteiger partial charge is 0.355 e. The van der Waals surface area contributed by atoms with E-state index in [9.17, 15) is 9.59 Å². The number of carbonyl (C=O) groups excluding carboxylic acids is 2. The first kappa shape index (κ1) is 19.1. The number of hydrogen-bond acceptors (Lipinski definition) is 4. The maximum atomic E-state index is 12.8. The molecule has 1 aliphatic rings. The summed E-state index contributed by atoms with van der Waals surface area (Å²) in [5, 5.41) is 8.65. The van der Waals surface area contributed by atoms with Gasteiger partial charge < -0.3 is 10.2 Å². The lowest BCUT2D eigenvalue weighted by Crippen LogP contribution is -2.43. The molecule has 29 heavy (non-hydrogen) atoms. The van der Waals surface area contributed by atoms with Crippen molar-refractivity contribution in [2.75, 3.05) is 13.1 Å². The molecule has 7 nitrogen and oxygen atoms in total. The summed E-state index contributed by atoms with van der Waals surface area (Å²) >= 11 is 0. The SMILES string of the molecule is CC(=O)N1Cc2cccnc2C(C(=O)NCCCn2ncc3c(C)cccc32)C1. The topological polar surface area (TPSA) is 80.1 Å². The number of hydrogen-bond donors (Lipinski definition) is 1. The van der Waals surface area contributed by atoms with Crippen LogP contribution >= 0.6 is 0 Å². The van der Waals surface area contributed by atoms with E-state index in [4.69, 9.17) is 0 Å². The first-order valence-electron chi connectivity index (χ1n) is 9.92. The van der Waals surface area contributed by atoms with E-state index in [2.05, 4.69) is 34.5 Å². The standard InChI is InChI=1S/C22H25N5O2/c1-15-6-3-8-20-18(15)12-25-27(20)11-5-10-24-22(29)19-14-26(16(2)28)13-17-7-4-9-23-21(17)19/h3-4,6-9,12,19H,5,10-11,13-14H2,1-2H3,(H,24,29). The van der Waals surface area contributed by atoms with Crippen LogP contribution in [0.1, 0.15) is 36.1 Å². The predicted octanol–water partition coefficient (Wildman–Crippen LogP) is 2.39. The van der Waals surface area contributed by atoms with E-state index in [1.54, 1.807) is 11.1 Å². The summed E-state index contributed by atoms with van der Waals surface area (Å²) in [6, 6.07) is 9.95. The minimum Gasteiger partial charge on any atom is -0.355 e. The second-order valence-electron chi connectivity index (χ2n) is 7.52. The molecule has 7 heteroatoms. The highest BCUT2D eigenvalue weighted by atomic mass is 16.2. The molecule has 1 aromatic carbocycles. The van der Waals surface area contributed by atoms with Gasteiger partial charge in [0.1, 0.15) is 0 Å². The molecule has 1 N–H and O–H groups in total. The maximum Gasteiger partial charge on any atom is 0.230 e. The molecule has 0 aliphatic carbocycles. The second-order valence-corrected chi connectivity index (χ2v) is 7.52. The molecule has 0 bridgehead atoms. The van der Waals surface area contributed by atoms with Gasteiger partial charge in [0.2, 0.25) is 11.8 Å². The van der Waals surface area contributed by atoms with Crippen LogP contribution in [0.2, 0.25) is 0 Å². The van der Waals surface area contributed by atoms with Crippen LogP contribution < -0.4 is 5.32 Å². The van der Waals surface area contributed by atoms with Crippen molar-refractivity contribution in [3.05, 3.63) is 59.5 Å². The van der Waals surface area contributed by atoms with Crippen LogP contribution in [0.5, 0.6) is 0 Å². The van der Waals surface area contributed by atoms with E-state index in [-0.39, 0.29) is 11.8 Å². The fraction of sp³-hybridized carbons (Fsp3) is 0.364. The number of amides is 2. The molecule has 1 atom stereocenters. The number of benzene rings is 1. The zero-order chi connectivity index (χ0) is 20.4. The highest BCUT2D eigenvalue weighted by Crippen LogP contribution is 2.26. The molecule has 3 aromatic rings. The summed E-state index contributed by atoms with van der Waals surface area (Å²) in [5.74, 6) is -0.549. The van der Waals surface area contributed by atoms with E-state index in [0.717, 1.165) is 35.1 Å². The number of fused-ring (bicyclic) bond motifs is 2. The Labute approximate surface area is 169 Å². The van der Waals surface area contributed by atoms with Crippen LogP contribution in [0.15, 0.2) is 42.7 Å². The van der Waals surface area contributed by atoms with Crippen molar-refractivity contribution >= 4 is 22.7 Å². The molecular weight excluding hydrogens is 366 g/mol. The molecule has 2 aromatic heterocycles. The smallest absolute Gasteiger partial charge is 0.230 e. The predicted molar refractivity (Wildman–Crippen MR) is 110 cm³/mol. The molecule has 0 spiro atoms. The minimum atomic E-state index is -0.433. The molecule has 3 heterocycles. The highest BCUT2D eigenvalue weighted by Gasteiger charge is 2.32. The number of nitrogens with one attached hydrogen (secondary N) is 1. The van der Waals surface area contributed by atoms with Crippen LogP contribution in [0.25, 0.3) is 10.9 Å². The Morgan fingerprint density at radius 3 is 2.93 bits per heavy atom. The van der Waals surface area contributed by atoms with Gasteiger partial charge in [0, 0.05) is 44.7 Å². The summed E-state index contributed by atoms with van der Waals surface area (Å²) < 4.78 is 1.98. The van der Waals surface area contributed by atoms with Crippen LogP contribution in [-0.2, 0) is 22.7 Å². The Morgan fingerprint density at radius 2 is 2.10 bits per heavy atom. The number of rotatable bonds is 5. The average Bonchev–Trinajstić information content (AvgIpc) is 3.14. The molecule has 0 fully saturated rings. The Kier molecular flexibility index (Phi) is 5.29. The molecule has 150 valence electrons. The fourth-order valence-electron chi connectivity index (χ4n) is 3.91. The van der Waals surface area contributed by atoms with E-state index in [1.165, 1.54) is 12.5 Å². The number of aromatic nitrogens is 3. The Balaban J connectivity index is 1.38. The molecule has 2 amide bonds. The van der Waals surface area contributed by atoms with Crippen molar-refractivity contribution in [3.8, 4) is 0 Å². The van der Waals surface area contributed by atoms with Crippen LogP contribution in [-0.4, -0.2) is 44.6 Å². The van der Waals surface area contributed by atoms with Crippen LogP contribution in [0.3, 0.4) is 0 Å². The molecule has 1 unspecified atom stereocenters. The van der Waals surface area contributed by atoms with Gasteiger partial charge in [-0.15, -0.1) is 0 Å². The maximum absolute atomic E-state index is 12.8. The quantitative estimate of drug-likeness (QED) is 0.677. The van der Waals surface area contributed by atoms with Crippen molar-refractivity contribution in [1.29, 1.82) is 0 Å². The number of carbonyl (C=O) groups is 2. The molecule has 1 aliphatic heterocycles. The minimum absolute atomic E-state index is 0.0295. The summed E-state index contributed by atoms with van der Waals surface area (Å²) in [6.07, 6.45) is 4.37. The highest BCUT2D eigenvalue weighted by molar-refractivity contribution is 5.85. The Morgan fingerprint density at radius 1 is 1.24 bits per heavy atom. The van der Waals surface area contributed by atoms with Gasteiger partial charge >= 0.3 is 0 Å². The zero-order valence-electron chi connectivity index (χ0n) is 16.8. The van der Waals surface area contributed by atoms with Gasteiger partial charge in [-0.25, -0.2) is 0 Å². The second kappa shape index (κ2) is 8.03. The van der Waals surface area contributed by atoms with Crippen LogP contribution in [0, 0.1) is 6.92 Å². The van der Waals surface area contributed by atoms with Gasteiger partial charge in [-0.2, -0.15) is 5.10 Å². The van der Waals surface area contributed by atoms with Crippen LogP contribution in [0.4, 0.5) is 0 Å². The molecular formula is C22H25N5O2. The molecule has 0 radical (unpaired) electrons. The number of aryl methyl sites for hydroxylation is 2. The van der Waals surface area contributed by atoms with Crippen molar-refractivity contribution < 1.29 is 9.59 Å². The third-order valence-electron chi connectivity index (χ3n) is 5.53. The first-order chi connectivity index (χ1) is 14.0. The summed E-state index contributed by atoms with van der Waals surface area (Å²) in [7, 11) is 0. The van der Waals surface area contributed by atoms with Gasteiger partial charge in [0.15, 0.2) is 0 Å². The van der Waals surface area contributed by atoms with E-state index < -0.39 is 5.92 Å². The van der Waals surface area contributed by atoms with Gasteiger partial charge in [0.05, 0.1) is 23.3 Å². The van der Waals surface area contributed by atoms with Gasteiger partial charge in [-0.3, -0.25) is 19.3 Å². The normalized spacial score (nSPS) is 15.9. The van der Waals surface area contributed by atoms with Crippen molar-refractivity contribution in [1.82, 2.24) is 25.0 Å². The summed E-state index contributed by atoms with van der Waals surface area (Å²) in [4.78, 5) is 30.8. The number of pyridine rings is 1. The van der Waals surface area contributed by atoms with Gasteiger partial charge in [-0.1, -0.05) is 18.2 Å². The lowest BCUT2D eigenvalue weighted by molar-refractivity contribution is -0.131. The molecule has 0 saturated carbocycles. The Hall–Kier alpha value is -3.22. The third-order valence-corrected chi connectivity index (χ3v) is 5.53. The Bertz CT molecular complexity index is 1060. The summed E-state index contributed by atoms with van der Waals surface area (Å²) in [5.41, 5.74) is 4.03. The molecule has 4 rings (SSSR count). The van der Waals surface area contributed by atoms with E-state index >= 15 is 0 Å². The van der Waals surface area contributed by atoms with Gasteiger partial charge in [-0.05, 0) is 36.6 Å². The first-order valence-corrected chi connectivity index (χ1v) is 9.92. The monoisotopic (exact) mass is 391 g/mol. The van der Waals surface area contributed by atoms with Gasteiger partial charge in [0.25, 0.3) is 0 Å². The summed E-state index contributed by atoms with van der Waals surface area (Å²) in [6.45, 7) is 5.76. The van der Waals surface area contributed by atoms with Crippen molar-refractivity contribution in [3.63, 3.8) is 0 Å². The van der Waals surface area contributed by atoms with E-state index in [1.807, 2.05) is 29.1 Å². The average molecular weight is 391 g/mol. The van der Waals surface area contributed by atoms with Crippen molar-refractivity contribution in [2.24, 2.45) is 0 Å². The fourth-order valence-corrected chi connectivity index (χ4v) is 3.91. The van der Waals surface area contributed by atoms with Crippen molar-refractivity contribution in [2.45, 2.75) is 39.3 Å². The number of nitrogens with zero attached hydrogens (tertiary/aromatic N) is 4. The zero-order valence-corrected chi connectivity index (χ0v) is 16.8. The third kappa shape index (κ3) is 3.85. The van der Waals surface area contributed by atoms with E-state index in [0.29, 0.717) is 19.6 Å².